The number of hydrogen-bond donors (Lipinski definition) is 1. The van der Waals surface area contributed by atoms with E-state index in [2.05, 4.69) is 28.8 Å². The Balaban J connectivity index is 1.49. The second kappa shape index (κ2) is 9.92. The predicted molar refractivity (Wildman–Crippen MR) is 113 cm³/mol. The summed E-state index contributed by atoms with van der Waals surface area (Å²) >= 11 is 0. The van der Waals surface area contributed by atoms with Gasteiger partial charge in [0.05, 0.1) is 12.3 Å². The molecule has 5 heteroatoms. The SMILES string of the molecule is C=NC=CC=C(C)CCOc1ccc(Oc2ccc(-c3ccn[nH]3)cc2)cc1. The van der Waals surface area contributed by atoms with E-state index in [1.807, 2.05) is 66.7 Å². The van der Waals surface area contributed by atoms with Crippen LogP contribution in [0.3, 0.4) is 0 Å². The van der Waals surface area contributed by atoms with Crippen LogP contribution < -0.4 is 9.47 Å². The van der Waals surface area contributed by atoms with Crippen molar-refractivity contribution < 1.29 is 9.47 Å². The highest BCUT2D eigenvalue weighted by atomic mass is 16.5. The third kappa shape index (κ3) is 5.71. The number of ether oxygens (including phenoxy) is 2. The maximum atomic E-state index is 5.89. The number of aromatic nitrogens is 2. The summed E-state index contributed by atoms with van der Waals surface area (Å²) in [5.74, 6) is 2.36. The van der Waals surface area contributed by atoms with Gasteiger partial charge in [-0.2, -0.15) is 5.10 Å². The highest BCUT2D eigenvalue weighted by molar-refractivity contribution is 5.59. The molecular formula is C23H23N3O2. The van der Waals surface area contributed by atoms with Crippen molar-refractivity contribution in [3.8, 4) is 28.5 Å². The minimum absolute atomic E-state index is 0.618. The van der Waals surface area contributed by atoms with Crippen LogP contribution in [-0.4, -0.2) is 23.5 Å². The molecule has 28 heavy (non-hydrogen) atoms. The summed E-state index contributed by atoms with van der Waals surface area (Å²) in [5, 5.41) is 6.91. The number of nitrogens with zero attached hydrogens (tertiary/aromatic N) is 2. The summed E-state index contributed by atoms with van der Waals surface area (Å²) in [6.07, 6.45) is 8.12. The van der Waals surface area contributed by atoms with Crippen LogP contribution in [0.2, 0.25) is 0 Å². The van der Waals surface area contributed by atoms with Gasteiger partial charge in [-0.3, -0.25) is 10.1 Å². The van der Waals surface area contributed by atoms with Crippen LogP contribution in [0.1, 0.15) is 13.3 Å². The molecule has 5 nitrogen and oxygen atoms in total. The lowest BCUT2D eigenvalue weighted by atomic mass is 10.1. The first kappa shape index (κ1) is 19.2. The van der Waals surface area contributed by atoms with E-state index in [-0.39, 0.29) is 0 Å². The second-order valence-electron chi connectivity index (χ2n) is 6.20. The molecule has 0 aliphatic carbocycles. The summed E-state index contributed by atoms with van der Waals surface area (Å²) in [6.45, 7) is 6.08. The lowest BCUT2D eigenvalue weighted by molar-refractivity contribution is 0.321. The average Bonchev–Trinajstić information content (AvgIpc) is 3.25. The zero-order valence-electron chi connectivity index (χ0n) is 15.8. The number of benzene rings is 2. The fourth-order valence-electron chi connectivity index (χ4n) is 2.54. The topological polar surface area (TPSA) is 59.5 Å². The fraction of sp³-hybridized carbons (Fsp3) is 0.130. The van der Waals surface area contributed by atoms with Crippen LogP contribution >= 0.6 is 0 Å². The maximum Gasteiger partial charge on any atom is 0.127 e. The van der Waals surface area contributed by atoms with Crippen LogP contribution in [0, 0.1) is 0 Å². The highest BCUT2D eigenvalue weighted by Crippen LogP contribution is 2.26. The molecule has 0 aliphatic heterocycles. The van der Waals surface area contributed by atoms with Crippen LogP contribution in [0.4, 0.5) is 0 Å². The third-order valence-electron chi connectivity index (χ3n) is 4.06. The number of aromatic amines is 1. The standard InChI is InChI=1S/C23H23N3O2/c1-18(4-3-15-24-2)14-17-27-20-9-11-22(12-10-20)28-21-7-5-19(6-8-21)23-13-16-25-26-23/h3-13,15-16H,2,14,17H2,1H3,(H,25,26). The number of rotatable bonds is 9. The smallest absolute Gasteiger partial charge is 0.127 e. The summed E-state index contributed by atoms with van der Waals surface area (Å²) in [7, 11) is 0. The molecular weight excluding hydrogens is 350 g/mol. The Morgan fingerprint density at radius 3 is 2.36 bits per heavy atom. The Kier molecular flexibility index (Phi) is 6.79. The van der Waals surface area contributed by atoms with Crippen LogP contribution in [0.25, 0.3) is 11.3 Å². The first-order valence-corrected chi connectivity index (χ1v) is 9.03. The van der Waals surface area contributed by atoms with Crippen molar-refractivity contribution in [3.63, 3.8) is 0 Å². The Hall–Kier alpha value is -3.60. The molecule has 142 valence electrons. The first-order chi connectivity index (χ1) is 13.7. The Labute approximate surface area is 165 Å². The molecule has 1 heterocycles. The summed E-state index contributed by atoms with van der Waals surface area (Å²) in [4.78, 5) is 3.67. The van der Waals surface area contributed by atoms with Gasteiger partial charge in [-0.25, -0.2) is 0 Å². The molecule has 0 amide bonds. The van der Waals surface area contributed by atoms with Gasteiger partial charge in [-0.15, -0.1) is 0 Å². The molecule has 0 spiro atoms. The Bertz CT molecular complexity index is 925. The fourth-order valence-corrected chi connectivity index (χ4v) is 2.54. The van der Waals surface area contributed by atoms with Crippen molar-refractivity contribution in [1.82, 2.24) is 10.2 Å². The molecule has 1 aromatic heterocycles. The molecule has 0 saturated carbocycles. The van der Waals surface area contributed by atoms with Crippen molar-refractivity contribution in [3.05, 3.63) is 84.7 Å². The van der Waals surface area contributed by atoms with Gasteiger partial charge in [-0.1, -0.05) is 11.6 Å². The van der Waals surface area contributed by atoms with Crippen molar-refractivity contribution >= 4 is 6.72 Å². The lowest BCUT2D eigenvalue weighted by Gasteiger charge is -2.09. The van der Waals surface area contributed by atoms with E-state index in [1.165, 1.54) is 5.57 Å². The molecule has 3 rings (SSSR count). The normalized spacial score (nSPS) is 11.5. The van der Waals surface area contributed by atoms with E-state index < -0.39 is 0 Å². The largest absolute Gasteiger partial charge is 0.493 e. The second-order valence-corrected chi connectivity index (χ2v) is 6.20. The van der Waals surface area contributed by atoms with E-state index in [9.17, 15) is 0 Å². The Morgan fingerprint density at radius 2 is 1.71 bits per heavy atom. The van der Waals surface area contributed by atoms with Gasteiger partial charge in [0.2, 0.25) is 0 Å². The first-order valence-electron chi connectivity index (χ1n) is 9.03. The van der Waals surface area contributed by atoms with E-state index in [1.54, 1.807) is 12.4 Å². The number of hydrogen-bond acceptors (Lipinski definition) is 4. The maximum absolute atomic E-state index is 5.89. The number of aliphatic imine (C=N–C) groups is 1. The Morgan fingerprint density at radius 1 is 1.04 bits per heavy atom. The van der Waals surface area contributed by atoms with Crippen molar-refractivity contribution in [1.29, 1.82) is 0 Å². The molecule has 0 aliphatic rings. The molecule has 3 aromatic rings. The van der Waals surface area contributed by atoms with E-state index in [0.29, 0.717) is 6.61 Å². The molecule has 0 bridgehead atoms. The minimum Gasteiger partial charge on any atom is -0.493 e. The zero-order chi connectivity index (χ0) is 19.6. The van der Waals surface area contributed by atoms with Gasteiger partial charge in [0, 0.05) is 18.8 Å². The summed E-state index contributed by atoms with van der Waals surface area (Å²) in [6, 6.07) is 17.4. The third-order valence-corrected chi connectivity index (χ3v) is 4.06. The van der Waals surface area contributed by atoms with Crippen LogP contribution in [0.5, 0.6) is 17.2 Å². The van der Waals surface area contributed by atoms with E-state index in [4.69, 9.17) is 9.47 Å². The zero-order valence-corrected chi connectivity index (χ0v) is 15.8. The molecule has 0 fully saturated rings. The van der Waals surface area contributed by atoms with Gasteiger partial charge in [0.1, 0.15) is 17.2 Å². The molecule has 0 saturated heterocycles. The van der Waals surface area contributed by atoms with Gasteiger partial charge in [-0.05, 0) is 79.9 Å². The van der Waals surface area contributed by atoms with Gasteiger partial charge >= 0.3 is 0 Å². The summed E-state index contributed by atoms with van der Waals surface area (Å²) < 4.78 is 11.7. The predicted octanol–water partition coefficient (Wildman–Crippen LogP) is 5.80. The quantitative estimate of drug-likeness (QED) is 0.381. The molecule has 0 radical (unpaired) electrons. The molecule has 2 aromatic carbocycles. The molecule has 0 unspecified atom stereocenters. The molecule has 1 N–H and O–H groups in total. The number of allylic oxidation sites excluding steroid dienone is 2. The number of H-pyrrole nitrogens is 1. The van der Waals surface area contributed by atoms with Gasteiger partial charge in [0.25, 0.3) is 0 Å². The number of nitrogens with one attached hydrogen (secondary N) is 1. The monoisotopic (exact) mass is 373 g/mol. The summed E-state index contributed by atoms with van der Waals surface area (Å²) in [5.41, 5.74) is 3.26. The van der Waals surface area contributed by atoms with Gasteiger partial charge < -0.3 is 9.47 Å². The van der Waals surface area contributed by atoms with Crippen LogP contribution in [-0.2, 0) is 0 Å². The van der Waals surface area contributed by atoms with Gasteiger partial charge in [0.15, 0.2) is 0 Å². The van der Waals surface area contributed by atoms with Crippen molar-refractivity contribution in [2.45, 2.75) is 13.3 Å². The van der Waals surface area contributed by atoms with Crippen molar-refractivity contribution in [2.75, 3.05) is 6.61 Å². The average molecular weight is 373 g/mol. The van der Waals surface area contributed by atoms with Crippen molar-refractivity contribution in [2.24, 2.45) is 4.99 Å². The molecule has 0 atom stereocenters. The minimum atomic E-state index is 0.618. The van der Waals surface area contributed by atoms with Crippen LogP contribution in [0.15, 0.2) is 89.7 Å². The lowest BCUT2D eigenvalue weighted by Crippen LogP contribution is -1.97. The highest BCUT2D eigenvalue weighted by Gasteiger charge is 2.02. The van der Waals surface area contributed by atoms with E-state index >= 15 is 0 Å². The van der Waals surface area contributed by atoms with E-state index in [0.717, 1.165) is 34.9 Å².